The van der Waals surface area contributed by atoms with E-state index in [-0.39, 0.29) is 37.2 Å². The fraction of sp³-hybridized carbons (Fsp3) is 0.389. The van der Waals surface area contributed by atoms with Gasteiger partial charge in [-0.15, -0.1) is 37.2 Å². The Balaban J connectivity index is 0.00000368. The summed E-state index contributed by atoms with van der Waals surface area (Å²) in [5.41, 5.74) is 7.62. The van der Waals surface area contributed by atoms with E-state index in [1.165, 1.54) is 36.2 Å². The van der Waals surface area contributed by atoms with Crippen LogP contribution in [0.5, 0.6) is 34.5 Å². The van der Waals surface area contributed by atoms with E-state index < -0.39 is 24.3 Å². The molecule has 47 heavy (non-hydrogen) atoms. The van der Waals surface area contributed by atoms with E-state index >= 15 is 0 Å². The molecular weight excluding hydrogens is 711 g/mol. The number of hydrogen-bond acceptors (Lipinski definition) is 6. The van der Waals surface area contributed by atoms with Crippen molar-refractivity contribution >= 4 is 58.7 Å². The van der Waals surface area contributed by atoms with Crippen LogP contribution < -0.4 is 44.0 Å². The van der Waals surface area contributed by atoms with Crippen LogP contribution in [0.3, 0.4) is 0 Å². The molecule has 0 heterocycles. The molecule has 3 aromatic carbocycles. The molecule has 6 nitrogen and oxygen atoms in total. The minimum Gasteiger partial charge on any atom is -0.147 e. The second-order valence-electron chi connectivity index (χ2n) is 11.4. The summed E-state index contributed by atoms with van der Waals surface area (Å²) < 4.78 is 38.6. The Bertz CT molecular complexity index is 1510. The second-order valence-corrected chi connectivity index (χ2v) is 20.2. The number of allylic oxidation sites excluding steroid dienone is 4. The maximum atomic E-state index is 6.36. The second kappa shape index (κ2) is 17.4. The summed E-state index contributed by atoms with van der Waals surface area (Å²) in [6.45, 7) is 15.7. The van der Waals surface area contributed by atoms with Gasteiger partial charge < -0.3 is 0 Å². The van der Waals surface area contributed by atoms with E-state index in [9.17, 15) is 0 Å². The molecule has 0 spiro atoms. The SMILES string of the molecule is COc1ccc(C)c([Si]([Ti][C]2=C(C)C(C)=C(C)C2C)(c2c(C)ccc(OC)c2OC)c2c(C)ccc(OC)c2OC)c1OC.Cl.Cl.Cl. The van der Waals surface area contributed by atoms with Crippen LogP contribution in [0, 0.1) is 26.7 Å². The Morgan fingerprint density at radius 3 is 1.04 bits per heavy atom. The Kier molecular flexibility index (Phi) is 15.8. The van der Waals surface area contributed by atoms with Crippen molar-refractivity contribution in [2.45, 2.75) is 48.5 Å². The molecule has 0 bridgehead atoms. The molecule has 0 aliphatic heterocycles. The van der Waals surface area contributed by atoms with Gasteiger partial charge in [0.2, 0.25) is 0 Å². The Hall–Kier alpha value is -2.26. The normalized spacial score (nSPS) is 14.0. The van der Waals surface area contributed by atoms with Crippen molar-refractivity contribution in [3.8, 4) is 34.5 Å². The molecule has 0 N–H and O–H groups in total. The minimum atomic E-state index is -3.18. The van der Waals surface area contributed by atoms with Crippen LogP contribution >= 0.6 is 37.2 Å². The first-order valence-corrected chi connectivity index (χ1v) is 19.9. The van der Waals surface area contributed by atoms with E-state index in [4.69, 9.17) is 28.4 Å². The van der Waals surface area contributed by atoms with Crippen LogP contribution in [0.1, 0.15) is 44.4 Å². The van der Waals surface area contributed by atoms with Gasteiger partial charge in [-0.3, -0.25) is 0 Å². The van der Waals surface area contributed by atoms with Crippen LogP contribution in [-0.4, -0.2) is 48.6 Å². The maximum absolute atomic E-state index is 6.36. The zero-order valence-corrected chi connectivity index (χ0v) is 34.7. The largest absolute Gasteiger partial charge is 0.147 e. The number of halogens is 3. The maximum Gasteiger partial charge on any atom is -0.147 e. The number of ether oxygens (including phenoxy) is 6. The standard InChI is InChI=1S/C27H33O6Si.C9H13.3ClH.Ti/c1-16-10-13-19(28-4)22(31-7)25(16)34(26-17(2)11-14-20(29-5)23(26)32-8)27-18(3)12-15-21(30-6)24(27)33-9;1-6-5-7(2)9(4)8(6)3;;;;/h10-15H,1-9H3;6H,1-4H3;3*1H;. The molecule has 0 amide bonds. The average Bonchev–Trinajstić information content (AvgIpc) is 3.20. The smallest absolute Gasteiger partial charge is 0.147 e. The summed E-state index contributed by atoms with van der Waals surface area (Å²) in [4.78, 5) is 0. The van der Waals surface area contributed by atoms with E-state index in [1.54, 1.807) is 42.7 Å². The van der Waals surface area contributed by atoms with Crippen molar-refractivity contribution in [3.05, 3.63) is 73.7 Å². The van der Waals surface area contributed by atoms with Crippen LogP contribution in [0.4, 0.5) is 0 Å². The first kappa shape index (κ1) is 42.8. The van der Waals surface area contributed by atoms with Crippen molar-refractivity contribution < 1.29 is 46.8 Å². The summed E-state index contributed by atoms with van der Waals surface area (Å²) in [6.07, 6.45) is 0. The molecule has 0 fully saturated rings. The Labute approximate surface area is 308 Å². The number of benzene rings is 3. The topological polar surface area (TPSA) is 55.4 Å². The third kappa shape index (κ3) is 7.08. The van der Waals surface area contributed by atoms with Crippen LogP contribution in [0.15, 0.2) is 57.0 Å². The molecule has 258 valence electrons. The predicted molar refractivity (Wildman–Crippen MR) is 199 cm³/mol. The molecule has 0 saturated carbocycles. The predicted octanol–water partition coefficient (Wildman–Crippen LogP) is 7.24. The molecule has 4 rings (SSSR count). The summed E-state index contributed by atoms with van der Waals surface area (Å²) in [5.74, 6) is 1.50. The van der Waals surface area contributed by atoms with Crippen molar-refractivity contribution in [2.24, 2.45) is 5.92 Å². The molecule has 11 heteroatoms. The fourth-order valence-corrected chi connectivity index (χ4v) is 23.0. The van der Waals surface area contributed by atoms with Gasteiger partial charge in [0.15, 0.2) is 0 Å². The first-order chi connectivity index (χ1) is 21.0. The minimum absolute atomic E-state index is 0. The molecule has 1 unspecified atom stereocenters. The van der Waals surface area contributed by atoms with Gasteiger partial charge in [-0.1, -0.05) is 0 Å². The van der Waals surface area contributed by atoms with Gasteiger partial charge >= 0.3 is 274 Å². The van der Waals surface area contributed by atoms with Gasteiger partial charge in [0.05, 0.1) is 0 Å². The van der Waals surface area contributed by atoms with Gasteiger partial charge in [0.25, 0.3) is 0 Å². The van der Waals surface area contributed by atoms with Crippen molar-refractivity contribution in [1.29, 1.82) is 0 Å². The van der Waals surface area contributed by atoms with Gasteiger partial charge in [0, 0.05) is 0 Å². The molecule has 0 aromatic heterocycles. The van der Waals surface area contributed by atoms with Gasteiger partial charge in [-0.05, 0) is 0 Å². The third-order valence-electron chi connectivity index (χ3n) is 9.35. The van der Waals surface area contributed by atoms with Gasteiger partial charge in [-0.2, -0.15) is 0 Å². The molecular formula is C36H49Cl3O6SiTi. The number of rotatable bonds is 11. The first-order valence-electron chi connectivity index (χ1n) is 14.8. The quantitative estimate of drug-likeness (QED) is 0.152. The third-order valence-corrected chi connectivity index (χ3v) is 21.9. The molecule has 1 aliphatic carbocycles. The molecule has 0 radical (unpaired) electrons. The van der Waals surface area contributed by atoms with Gasteiger partial charge in [-0.25, -0.2) is 0 Å². The molecule has 1 atom stereocenters. The van der Waals surface area contributed by atoms with Crippen molar-refractivity contribution in [2.75, 3.05) is 42.7 Å². The fourth-order valence-electron chi connectivity index (χ4n) is 6.80. The average molecular weight is 760 g/mol. The molecule has 1 aliphatic rings. The van der Waals surface area contributed by atoms with E-state index in [0.717, 1.165) is 33.9 Å². The summed E-state index contributed by atoms with van der Waals surface area (Å²) in [6, 6.07) is 12.5. The summed E-state index contributed by atoms with van der Waals surface area (Å²) >= 11 is -1.02. The zero-order valence-electron chi connectivity index (χ0n) is 29.7. The monoisotopic (exact) mass is 758 g/mol. The Morgan fingerprint density at radius 2 is 0.809 bits per heavy atom. The number of hydrogen-bond donors (Lipinski definition) is 0. The van der Waals surface area contributed by atoms with Crippen LogP contribution in [-0.2, 0) is 18.4 Å². The van der Waals surface area contributed by atoms with E-state index in [0.29, 0.717) is 23.2 Å². The zero-order chi connectivity index (χ0) is 32.5. The summed E-state index contributed by atoms with van der Waals surface area (Å²) in [7, 11) is 10.3. The Morgan fingerprint density at radius 1 is 0.489 bits per heavy atom. The van der Waals surface area contributed by atoms with Gasteiger partial charge in [0.1, 0.15) is 0 Å². The van der Waals surface area contributed by atoms with Crippen LogP contribution in [0.2, 0.25) is 0 Å². The van der Waals surface area contributed by atoms with E-state index in [1.807, 2.05) is 18.2 Å². The van der Waals surface area contributed by atoms with Crippen LogP contribution in [0.25, 0.3) is 0 Å². The number of methoxy groups -OCH3 is 6. The number of aryl methyl sites for hydroxylation is 3. The summed E-state index contributed by atoms with van der Waals surface area (Å²) in [5, 5.41) is 3.50. The molecule has 3 aromatic rings. The molecule has 0 saturated heterocycles. The van der Waals surface area contributed by atoms with Crippen molar-refractivity contribution in [1.82, 2.24) is 0 Å². The van der Waals surface area contributed by atoms with Crippen molar-refractivity contribution in [3.63, 3.8) is 0 Å². The van der Waals surface area contributed by atoms with E-state index in [2.05, 4.69) is 66.7 Å².